The zero-order chi connectivity index (χ0) is 15.2. The van der Waals surface area contributed by atoms with Crippen LogP contribution in [0.5, 0.6) is 0 Å². The Balaban J connectivity index is 1.83. The van der Waals surface area contributed by atoms with Crippen LogP contribution in [0, 0.1) is 5.92 Å². The van der Waals surface area contributed by atoms with Gasteiger partial charge in [0.25, 0.3) is 0 Å². The van der Waals surface area contributed by atoms with E-state index in [0.29, 0.717) is 26.1 Å². The van der Waals surface area contributed by atoms with Gasteiger partial charge in [-0.25, -0.2) is 0 Å². The molecule has 1 aliphatic rings. The lowest BCUT2D eigenvalue weighted by atomic mass is 10.0. The molecular weight excluding hydrogens is 270 g/mol. The monoisotopic (exact) mass is 293 g/mol. The SMILES string of the molecule is CC(=O)N1C[C@@H](N)CC[C@@H](C(=O)NCCc2ccn[nH]2)C1. The van der Waals surface area contributed by atoms with Crippen LogP contribution in [0.25, 0.3) is 0 Å². The molecule has 0 aromatic carbocycles. The molecule has 116 valence electrons. The molecule has 0 radical (unpaired) electrons. The summed E-state index contributed by atoms with van der Waals surface area (Å²) in [6.45, 7) is 3.07. The minimum atomic E-state index is -0.177. The van der Waals surface area contributed by atoms with E-state index in [1.165, 1.54) is 6.92 Å². The summed E-state index contributed by atoms with van der Waals surface area (Å²) >= 11 is 0. The number of nitrogens with zero attached hydrogens (tertiary/aromatic N) is 2. The quantitative estimate of drug-likeness (QED) is 0.706. The Labute approximate surface area is 124 Å². The summed E-state index contributed by atoms with van der Waals surface area (Å²) in [6.07, 6.45) is 3.90. The van der Waals surface area contributed by atoms with Crippen molar-refractivity contribution in [1.29, 1.82) is 0 Å². The second kappa shape index (κ2) is 7.21. The van der Waals surface area contributed by atoms with Gasteiger partial charge in [-0.05, 0) is 18.9 Å². The van der Waals surface area contributed by atoms with Gasteiger partial charge in [0.15, 0.2) is 0 Å². The Bertz CT molecular complexity index is 474. The van der Waals surface area contributed by atoms with Crippen LogP contribution in [0.4, 0.5) is 0 Å². The molecule has 0 aliphatic carbocycles. The molecule has 0 unspecified atom stereocenters. The number of nitrogens with one attached hydrogen (secondary N) is 2. The standard InChI is InChI=1S/C14H23N5O2/c1-10(20)19-8-11(2-3-12(15)9-19)14(21)16-6-4-13-5-7-17-18-13/h5,7,11-12H,2-4,6,8-9,15H2,1H3,(H,16,21)(H,17,18)/t11-,12+/m1/s1. The summed E-state index contributed by atoms with van der Waals surface area (Å²) in [6, 6.07) is 1.84. The molecule has 0 spiro atoms. The lowest BCUT2D eigenvalue weighted by Gasteiger charge is -2.23. The molecule has 1 aromatic rings. The van der Waals surface area contributed by atoms with E-state index in [2.05, 4.69) is 15.5 Å². The molecule has 21 heavy (non-hydrogen) atoms. The third kappa shape index (κ3) is 4.56. The Morgan fingerprint density at radius 3 is 2.95 bits per heavy atom. The summed E-state index contributed by atoms with van der Waals surface area (Å²) < 4.78 is 0. The lowest BCUT2D eigenvalue weighted by molar-refractivity contribution is -0.131. The van der Waals surface area contributed by atoms with Gasteiger partial charge in [0.1, 0.15) is 0 Å². The van der Waals surface area contributed by atoms with E-state index in [1.54, 1.807) is 11.1 Å². The van der Waals surface area contributed by atoms with Crippen molar-refractivity contribution < 1.29 is 9.59 Å². The predicted octanol–water partition coefficient (Wildman–Crippen LogP) is -0.346. The minimum absolute atomic E-state index is 0.00475. The molecule has 2 heterocycles. The fraction of sp³-hybridized carbons (Fsp3) is 0.643. The van der Waals surface area contributed by atoms with Gasteiger partial charge < -0.3 is 16.0 Å². The van der Waals surface area contributed by atoms with Gasteiger partial charge in [-0.1, -0.05) is 0 Å². The first-order valence-corrected chi connectivity index (χ1v) is 7.33. The zero-order valence-electron chi connectivity index (χ0n) is 12.3. The van der Waals surface area contributed by atoms with Gasteiger partial charge in [0.05, 0.1) is 5.92 Å². The van der Waals surface area contributed by atoms with E-state index in [1.807, 2.05) is 6.07 Å². The van der Waals surface area contributed by atoms with E-state index < -0.39 is 0 Å². The number of amides is 2. The molecule has 1 saturated heterocycles. The third-order valence-corrected chi connectivity index (χ3v) is 3.85. The number of hydrogen-bond acceptors (Lipinski definition) is 4. The lowest BCUT2D eigenvalue weighted by Crippen LogP contribution is -2.42. The van der Waals surface area contributed by atoms with Crippen LogP contribution in [-0.2, 0) is 16.0 Å². The molecule has 0 saturated carbocycles. The second-order valence-electron chi connectivity index (χ2n) is 5.58. The molecule has 1 aliphatic heterocycles. The van der Waals surface area contributed by atoms with Gasteiger partial charge in [-0.3, -0.25) is 14.7 Å². The van der Waals surface area contributed by atoms with Crippen LogP contribution in [0.15, 0.2) is 12.3 Å². The fourth-order valence-electron chi connectivity index (χ4n) is 2.58. The summed E-state index contributed by atoms with van der Waals surface area (Å²) in [5.41, 5.74) is 6.94. The van der Waals surface area contributed by atoms with Gasteiger partial charge in [-0.15, -0.1) is 0 Å². The summed E-state index contributed by atoms with van der Waals surface area (Å²) in [5, 5.41) is 9.65. The van der Waals surface area contributed by atoms with Crippen molar-refractivity contribution in [2.24, 2.45) is 11.7 Å². The first kappa shape index (κ1) is 15.5. The molecule has 7 nitrogen and oxygen atoms in total. The van der Waals surface area contributed by atoms with Crippen LogP contribution in [-0.4, -0.2) is 52.6 Å². The van der Waals surface area contributed by atoms with Crippen molar-refractivity contribution >= 4 is 11.8 Å². The van der Waals surface area contributed by atoms with Crippen LogP contribution >= 0.6 is 0 Å². The van der Waals surface area contributed by atoms with Crippen molar-refractivity contribution in [3.8, 4) is 0 Å². The maximum Gasteiger partial charge on any atom is 0.224 e. The van der Waals surface area contributed by atoms with Crippen molar-refractivity contribution in [1.82, 2.24) is 20.4 Å². The first-order valence-electron chi connectivity index (χ1n) is 7.33. The Hall–Kier alpha value is -1.89. The van der Waals surface area contributed by atoms with Crippen LogP contribution in [0.2, 0.25) is 0 Å². The molecule has 1 aromatic heterocycles. The summed E-state index contributed by atoms with van der Waals surface area (Å²) in [4.78, 5) is 25.5. The number of nitrogens with two attached hydrogens (primary N) is 1. The highest BCUT2D eigenvalue weighted by atomic mass is 16.2. The zero-order valence-corrected chi connectivity index (χ0v) is 12.3. The Morgan fingerprint density at radius 1 is 1.48 bits per heavy atom. The van der Waals surface area contributed by atoms with Gasteiger partial charge in [-0.2, -0.15) is 5.10 Å². The number of carbonyl (C=O) groups is 2. The van der Waals surface area contributed by atoms with Gasteiger partial charge in [0.2, 0.25) is 11.8 Å². The average Bonchev–Trinajstić information content (AvgIpc) is 2.86. The Morgan fingerprint density at radius 2 is 2.29 bits per heavy atom. The van der Waals surface area contributed by atoms with E-state index >= 15 is 0 Å². The number of carbonyl (C=O) groups excluding carboxylic acids is 2. The number of aromatic nitrogens is 2. The van der Waals surface area contributed by atoms with E-state index in [9.17, 15) is 9.59 Å². The number of likely N-dealkylation sites (tertiary alicyclic amines) is 1. The molecule has 2 rings (SSSR count). The van der Waals surface area contributed by atoms with Crippen molar-refractivity contribution in [2.75, 3.05) is 19.6 Å². The molecule has 7 heteroatoms. The molecule has 2 atom stereocenters. The van der Waals surface area contributed by atoms with Crippen molar-refractivity contribution in [3.63, 3.8) is 0 Å². The average molecular weight is 293 g/mol. The van der Waals surface area contributed by atoms with Crippen molar-refractivity contribution in [2.45, 2.75) is 32.2 Å². The van der Waals surface area contributed by atoms with Gasteiger partial charge in [0, 0.05) is 50.9 Å². The largest absolute Gasteiger partial charge is 0.355 e. The maximum atomic E-state index is 12.2. The fourth-order valence-corrected chi connectivity index (χ4v) is 2.58. The van der Waals surface area contributed by atoms with Crippen LogP contribution in [0.1, 0.15) is 25.5 Å². The molecular formula is C14H23N5O2. The number of rotatable bonds is 4. The normalized spacial score (nSPS) is 22.7. The maximum absolute atomic E-state index is 12.2. The molecule has 4 N–H and O–H groups in total. The second-order valence-corrected chi connectivity index (χ2v) is 5.58. The smallest absolute Gasteiger partial charge is 0.224 e. The third-order valence-electron chi connectivity index (χ3n) is 3.85. The highest BCUT2D eigenvalue weighted by Gasteiger charge is 2.27. The summed E-state index contributed by atoms with van der Waals surface area (Å²) in [5.74, 6) is -0.207. The van der Waals surface area contributed by atoms with E-state index in [0.717, 1.165) is 18.5 Å². The Kier molecular flexibility index (Phi) is 5.32. The van der Waals surface area contributed by atoms with Crippen LogP contribution < -0.4 is 11.1 Å². The molecule has 2 amide bonds. The van der Waals surface area contributed by atoms with Crippen molar-refractivity contribution in [3.05, 3.63) is 18.0 Å². The summed E-state index contributed by atoms with van der Waals surface area (Å²) in [7, 11) is 0. The minimum Gasteiger partial charge on any atom is -0.355 e. The highest BCUT2D eigenvalue weighted by molar-refractivity contribution is 5.80. The topological polar surface area (TPSA) is 104 Å². The van der Waals surface area contributed by atoms with Gasteiger partial charge >= 0.3 is 0 Å². The number of H-pyrrole nitrogens is 1. The number of hydrogen-bond donors (Lipinski definition) is 3. The number of aromatic amines is 1. The van der Waals surface area contributed by atoms with Crippen LogP contribution in [0.3, 0.4) is 0 Å². The molecule has 0 bridgehead atoms. The predicted molar refractivity (Wildman–Crippen MR) is 78.3 cm³/mol. The first-order chi connectivity index (χ1) is 10.1. The van der Waals surface area contributed by atoms with E-state index in [4.69, 9.17) is 5.73 Å². The molecule has 1 fully saturated rings. The van der Waals surface area contributed by atoms with E-state index in [-0.39, 0.29) is 23.8 Å². The highest BCUT2D eigenvalue weighted by Crippen LogP contribution is 2.16.